The van der Waals surface area contributed by atoms with E-state index in [0.29, 0.717) is 11.8 Å². The van der Waals surface area contributed by atoms with Crippen LogP contribution in [-0.2, 0) is 4.79 Å². The first kappa shape index (κ1) is 22.0. The molecule has 1 aliphatic carbocycles. The van der Waals surface area contributed by atoms with Crippen LogP contribution in [0.5, 0.6) is 0 Å². The van der Waals surface area contributed by atoms with Crippen molar-refractivity contribution in [2.75, 3.05) is 0 Å². The Morgan fingerprint density at radius 3 is 1.40 bits per heavy atom. The number of nitrogens with zero attached hydrogens (tertiary/aromatic N) is 4. The van der Waals surface area contributed by atoms with Crippen molar-refractivity contribution < 1.29 is 4.79 Å². The fourth-order valence-corrected chi connectivity index (χ4v) is 3.82. The minimum absolute atomic E-state index is 0.0887. The van der Waals surface area contributed by atoms with Gasteiger partial charge in [-0.2, -0.15) is 0 Å². The summed E-state index contributed by atoms with van der Waals surface area (Å²) in [4.78, 5) is 31.9. The molecule has 5 heteroatoms. The summed E-state index contributed by atoms with van der Waals surface area (Å²) in [5.41, 5.74) is 8.53. The zero-order valence-corrected chi connectivity index (χ0v) is 19.4. The lowest BCUT2D eigenvalue weighted by atomic mass is 9.75. The van der Waals surface area contributed by atoms with E-state index in [4.69, 9.17) is 0 Å². The van der Waals surface area contributed by atoms with Gasteiger partial charge in [-0.05, 0) is 78.4 Å². The number of allylic oxidation sites excluding steroid dienone is 2. The number of carbonyl (C=O) groups is 1. The van der Waals surface area contributed by atoms with Crippen LogP contribution in [-0.4, -0.2) is 25.7 Å². The Balaban J connectivity index is 2.07. The maximum atomic E-state index is 13.4. The molecule has 0 spiro atoms. The SMILES string of the molecule is Cc1nc(C)c(/C=C2\CC(C(C)C)C/C(=C\c3nc(C)c(C)nc3C)C2=O)nc1C. The van der Waals surface area contributed by atoms with Gasteiger partial charge in [0.05, 0.1) is 45.6 Å². The maximum Gasteiger partial charge on any atom is 0.185 e. The zero-order chi connectivity index (χ0) is 22.2. The van der Waals surface area contributed by atoms with E-state index in [2.05, 4.69) is 33.8 Å². The Kier molecular flexibility index (Phi) is 6.30. The molecule has 0 atom stereocenters. The second-order valence-electron chi connectivity index (χ2n) is 8.81. The molecule has 0 bridgehead atoms. The fraction of sp³-hybridized carbons (Fsp3) is 0.480. The first-order chi connectivity index (χ1) is 14.1. The number of hydrogen-bond donors (Lipinski definition) is 0. The van der Waals surface area contributed by atoms with Gasteiger partial charge in [0.25, 0.3) is 0 Å². The number of aryl methyl sites for hydroxylation is 6. The molecule has 0 aliphatic heterocycles. The molecule has 0 radical (unpaired) electrons. The van der Waals surface area contributed by atoms with E-state index < -0.39 is 0 Å². The van der Waals surface area contributed by atoms with Gasteiger partial charge in [-0.15, -0.1) is 0 Å². The third-order valence-corrected chi connectivity index (χ3v) is 6.15. The number of ketones is 1. The largest absolute Gasteiger partial charge is 0.289 e. The summed E-state index contributed by atoms with van der Waals surface area (Å²) < 4.78 is 0. The average molecular weight is 405 g/mol. The molecule has 30 heavy (non-hydrogen) atoms. The molecule has 0 N–H and O–H groups in total. The highest BCUT2D eigenvalue weighted by atomic mass is 16.1. The normalized spacial score (nSPS) is 19.9. The third-order valence-electron chi connectivity index (χ3n) is 6.15. The number of carbonyl (C=O) groups excluding carboxylic acids is 1. The number of Topliss-reactive ketones (excluding diaryl/α,β-unsaturated/α-hetero) is 1. The van der Waals surface area contributed by atoms with Gasteiger partial charge in [-0.1, -0.05) is 13.8 Å². The van der Waals surface area contributed by atoms with Crippen LogP contribution in [0.1, 0.15) is 72.2 Å². The predicted molar refractivity (Wildman–Crippen MR) is 121 cm³/mol. The van der Waals surface area contributed by atoms with Crippen LogP contribution in [0, 0.1) is 53.4 Å². The van der Waals surface area contributed by atoms with Gasteiger partial charge in [0, 0.05) is 11.1 Å². The van der Waals surface area contributed by atoms with Crippen LogP contribution in [0.2, 0.25) is 0 Å². The monoisotopic (exact) mass is 404 g/mol. The number of hydrogen-bond acceptors (Lipinski definition) is 5. The summed E-state index contributed by atoms with van der Waals surface area (Å²) >= 11 is 0. The molecule has 1 saturated carbocycles. The molecule has 2 aromatic heterocycles. The van der Waals surface area contributed by atoms with Crippen molar-refractivity contribution in [3.8, 4) is 0 Å². The van der Waals surface area contributed by atoms with E-state index in [1.165, 1.54) is 0 Å². The Hall–Kier alpha value is -2.69. The van der Waals surface area contributed by atoms with Gasteiger partial charge in [-0.25, -0.2) is 9.97 Å². The molecule has 5 nitrogen and oxygen atoms in total. The van der Waals surface area contributed by atoms with Crippen molar-refractivity contribution in [2.45, 2.75) is 68.2 Å². The molecule has 1 fully saturated rings. The van der Waals surface area contributed by atoms with E-state index in [-0.39, 0.29) is 5.78 Å². The van der Waals surface area contributed by atoms with Crippen molar-refractivity contribution >= 4 is 17.9 Å². The molecule has 0 aromatic carbocycles. The molecule has 158 valence electrons. The second-order valence-corrected chi connectivity index (χ2v) is 8.81. The first-order valence-corrected chi connectivity index (χ1v) is 10.7. The van der Waals surface area contributed by atoms with Gasteiger partial charge < -0.3 is 0 Å². The molecular formula is C25H32N4O. The van der Waals surface area contributed by atoms with Crippen molar-refractivity contribution in [1.82, 2.24) is 19.9 Å². The van der Waals surface area contributed by atoms with Crippen LogP contribution in [0.4, 0.5) is 0 Å². The minimum Gasteiger partial charge on any atom is -0.289 e. The highest BCUT2D eigenvalue weighted by Gasteiger charge is 2.30. The minimum atomic E-state index is 0.0887. The quantitative estimate of drug-likeness (QED) is 0.656. The standard InChI is InChI=1S/C25H32N4O/c1-13(2)20-9-21(11-23-18(7)26-14(3)16(5)28-23)25(30)22(10-20)12-24-19(8)27-15(4)17(6)29-24/h11-13,20H,9-10H2,1-8H3/b21-11+,22-12+. The van der Waals surface area contributed by atoms with Crippen molar-refractivity contribution in [1.29, 1.82) is 0 Å². The lowest BCUT2D eigenvalue weighted by Crippen LogP contribution is -2.23. The Morgan fingerprint density at radius 1 is 0.667 bits per heavy atom. The van der Waals surface area contributed by atoms with Crippen LogP contribution >= 0.6 is 0 Å². The van der Waals surface area contributed by atoms with Crippen molar-refractivity contribution in [3.05, 3.63) is 56.7 Å². The lowest BCUT2D eigenvalue weighted by molar-refractivity contribution is -0.113. The summed E-state index contributed by atoms with van der Waals surface area (Å²) in [7, 11) is 0. The fourth-order valence-electron chi connectivity index (χ4n) is 3.82. The van der Waals surface area contributed by atoms with E-state index in [9.17, 15) is 4.79 Å². The summed E-state index contributed by atoms with van der Waals surface area (Å²) in [5.74, 6) is 0.967. The summed E-state index contributed by atoms with van der Waals surface area (Å²) in [6.07, 6.45) is 5.41. The molecule has 1 aliphatic rings. The Bertz CT molecular complexity index is 984. The molecule has 3 rings (SSSR count). The Labute approximate surface area is 179 Å². The van der Waals surface area contributed by atoms with E-state index in [1.54, 1.807) is 0 Å². The lowest BCUT2D eigenvalue weighted by Gasteiger charge is -2.28. The van der Waals surface area contributed by atoms with Gasteiger partial charge in [-0.3, -0.25) is 14.8 Å². The molecule has 0 unspecified atom stereocenters. The predicted octanol–water partition coefficient (Wildman–Crippen LogP) is 5.22. The van der Waals surface area contributed by atoms with Crippen molar-refractivity contribution in [3.63, 3.8) is 0 Å². The van der Waals surface area contributed by atoms with Crippen LogP contribution in [0.25, 0.3) is 12.2 Å². The summed E-state index contributed by atoms with van der Waals surface area (Å²) in [6, 6.07) is 0. The molecular weight excluding hydrogens is 372 g/mol. The van der Waals surface area contributed by atoms with Gasteiger partial charge >= 0.3 is 0 Å². The van der Waals surface area contributed by atoms with Crippen LogP contribution in [0.15, 0.2) is 11.1 Å². The Morgan fingerprint density at radius 2 is 1.03 bits per heavy atom. The number of aromatic nitrogens is 4. The highest BCUT2D eigenvalue weighted by molar-refractivity contribution is 6.14. The van der Waals surface area contributed by atoms with Crippen LogP contribution < -0.4 is 0 Å². The molecule has 2 heterocycles. The topological polar surface area (TPSA) is 68.6 Å². The van der Waals surface area contributed by atoms with Gasteiger partial charge in [0.15, 0.2) is 5.78 Å². The highest BCUT2D eigenvalue weighted by Crippen LogP contribution is 2.36. The zero-order valence-electron chi connectivity index (χ0n) is 19.4. The number of rotatable bonds is 3. The maximum absolute atomic E-state index is 13.4. The average Bonchev–Trinajstić information content (AvgIpc) is 2.66. The second kappa shape index (κ2) is 8.58. The van der Waals surface area contributed by atoms with Crippen molar-refractivity contribution in [2.24, 2.45) is 11.8 Å². The van der Waals surface area contributed by atoms with E-state index in [0.717, 1.165) is 69.5 Å². The van der Waals surface area contributed by atoms with Gasteiger partial charge in [0.1, 0.15) is 0 Å². The summed E-state index contributed by atoms with van der Waals surface area (Å²) in [6.45, 7) is 16.2. The third kappa shape index (κ3) is 4.55. The molecule has 0 saturated heterocycles. The van der Waals surface area contributed by atoms with E-state index in [1.807, 2.05) is 53.7 Å². The van der Waals surface area contributed by atoms with E-state index >= 15 is 0 Å². The molecule has 0 amide bonds. The molecule has 2 aromatic rings. The van der Waals surface area contributed by atoms with Crippen LogP contribution in [0.3, 0.4) is 0 Å². The van der Waals surface area contributed by atoms with Gasteiger partial charge in [0.2, 0.25) is 0 Å². The summed E-state index contributed by atoms with van der Waals surface area (Å²) in [5, 5.41) is 0. The smallest absolute Gasteiger partial charge is 0.185 e. The first-order valence-electron chi connectivity index (χ1n) is 10.7.